The number of benzene rings is 3. The fourth-order valence-electron chi connectivity index (χ4n) is 5.18. The van der Waals surface area contributed by atoms with E-state index in [1.807, 2.05) is 39.5 Å². The number of esters is 1. The summed E-state index contributed by atoms with van der Waals surface area (Å²) in [6.07, 6.45) is -2.30. The summed E-state index contributed by atoms with van der Waals surface area (Å²) in [5, 5.41) is -0.130. The average Bonchev–Trinajstić information content (AvgIpc) is 2.99. The van der Waals surface area contributed by atoms with E-state index in [4.69, 9.17) is 18.6 Å². The molecule has 10 heteroatoms. The molecule has 7 nitrogen and oxygen atoms in total. The zero-order chi connectivity index (χ0) is 34.5. The van der Waals surface area contributed by atoms with Gasteiger partial charge in [-0.25, -0.2) is 4.79 Å². The summed E-state index contributed by atoms with van der Waals surface area (Å²) >= 11 is 0. The van der Waals surface area contributed by atoms with Gasteiger partial charge in [0.2, 0.25) is 11.2 Å². The number of carbonyl (C=O) groups excluding carboxylic acids is 1. The van der Waals surface area contributed by atoms with Crippen molar-refractivity contribution in [3.05, 3.63) is 98.9 Å². The Hall–Kier alpha value is -4.57. The Balaban J connectivity index is 1.85. The molecular formula is C37H40F3NO6. The Morgan fingerprint density at radius 1 is 0.915 bits per heavy atom. The van der Waals surface area contributed by atoms with E-state index in [1.54, 1.807) is 56.5 Å². The number of hydrogen-bond donors (Lipinski definition) is 0. The molecule has 3 aromatic carbocycles. The van der Waals surface area contributed by atoms with Gasteiger partial charge in [-0.2, -0.15) is 13.2 Å². The molecular weight excluding hydrogens is 611 g/mol. The molecule has 47 heavy (non-hydrogen) atoms. The smallest absolute Gasteiger partial charge is 0.453 e. The monoisotopic (exact) mass is 651 g/mol. The molecule has 0 aliphatic carbocycles. The molecule has 0 amide bonds. The van der Waals surface area contributed by atoms with Crippen molar-refractivity contribution in [2.24, 2.45) is 11.8 Å². The maximum atomic E-state index is 14.5. The minimum Gasteiger partial charge on any atom is -0.497 e. The van der Waals surface area contributed by atoms with Crippen LogP contribution in [0.2, 0.25) is 0 Å². The molecule has 0 saturated heterocycles. The number of carbonyl (C=O) groups is 1. The number of methoxy groups -OCH3 is 1. The van der Waals surface area contributed by atoms with Crippen LogP contribution < -0.4 is 19.6 Å². The van der Waals surface area contributed by atoms with Crippen molar-refractivity contribution in [3.63, 3.8) is 0 Å². The third kappa shape index (κ3) is 9.04. The molecule has 0 radical (unpaired) electrons. The zero-order valence-electron chi connectivity index (χ0n) is 27.7. The molecule has 0 atom stereocenters. The zero-order valence-corrected chi connectivity index (χ0v) is 27.7. The van der Waals surface area contributed by atoms with Gasteiger partial charge in [-0.3, -0.25) is 9.69 Å². The fraction of sp³-hybridized carbons (Fsp3) is 0.351. The minimum absolute atomic E-state index is 0.0153. The Bertz CT molecular complexity index is 1800. The van der Waals surface area contributed by atoms with E-state index < -0.39 is 29.1 Å². The number of halogens is 3. The topological polar surface area (TPSA) is 78.2 Å². The van der Waals surface area contributed by atoms with Crippen molar-refractivity contribution < 1.29 is 36.6 Å². The predicted octanol–water partition coefficient (Wildman–Crippen LogP) is 8.96. The number of hydrogen-bond acceptors (Lipinski definition) is 7. The highest BCUT2D eigenvalue weighted by molar-refractivity contribution is 5.90. The van der Waals surface area contributed by atoms with E-state index in [0.29, 0.717) is 24.4 Å². The van der Waals surface area contributed by atoms with E-state index in [2.05, 4.69) is 0 Å². The van der Waals surface area contributed by atoms with Crippen molar-refractivity contribution in [1.82, 2.24) is 4.90 Å². The summed E-state index contributed by atoms with van der Waals surface area (Å²) in [6.45, 7) is 13.0. The second kappa shape index (κ2) is 14.9. The first-order chi connectivity index (χ1) is 22.2. The molecule has 4 aromatic rings. The lowest BCUT2D eigenvalue weighted by molar-refractivity contribution is -0.154. The van der Waals surface area contributed by atoms with Crippen LogP contribution in [0.1, 0.15) is 55.7 Å². The molecule has 0 fully saturated rings. The van der Waals surface area contributed by atoms with Crippen molar-refractivity contribution in [2.75, 3.05) is 20.2 Å². The molecule has 0 aliphatic rings. The highest BCUT2D eigenvalue weighted by Crippen LogP contribution is 2.40. The Morgan fingerprint density at radius 3 is 2.13 bits per heavy atom. The number of alkyl halides is 3. The van der Waals surface area contributed by atoms with Gasteiger partial charge < -0.3 is 18.6 Å². The van der Waals surface area contributed by atoms with E-state index in [0.717, 1.165) is 11.1 Å². The van der Waals surface area contributed by atoms with E-state index >= 15 is 0 Å². The standard InChI is InChI=1S/C37H40F3NO6/c1-22(2)19-41(20-23(3)4)21-30-31(46-32(42)17-11-26-9-13-27(44-7)14-10-26)16-15-29-33(43)35(36(37(38,39)40)47-34(29)30)45-28-12-8-24(5)25(6)18-28/h8-18,22-23H,19-21H2,1-7H3. The molecule has 0 bridgehead atoms. The van der Waals surface area contributed by atoms with E-state index in [1.165, 1.54) is 24.3 Å². The van der Waals surface area contributed by atoms with Crippen LogP contribution in [-0.2, 0) is 17.5 Å². The van der Waals surface area contributed by atoms with Crippen LogP contribution in [0.25, 0.3) is 17.0 Å². The Morgan fingerprint density at radius 2 is 1.55 bits per heavy atom. The first-order valence-electron chi connectivity index (χ1n) is 15.4. The van der Waals surface area contributed by atoms with Gasteiger partial charge in [0.05, 0.1) is 18.1 Å². The van der Waals surface area contributed by atoms with Crippen LogP contribution in [0.4, 0.5) is 13.2 Å². The summed E-state index contributed by atoms with van der Waals surface area (Å²) in [4.78, 5) is 28.8. The average molecular weight is 652 g/mol. The highest BCUT2D eigenvalue weighted by Gasteiger charge is 2.41. The maximum absolute atomic E-state index is 14.5. The summed E-state index contributed by atoms with van der Waals surface area (Å²) < 4.78 is 65.6. The van der Waals surface area contributed by atoms with E-state index in [9.17, 15) is 22.8 Å². The molecule has 250 valence electrons. The second-order valence-corrected chi connectivity index (χ2v) is 12.4. The third-order valence-corrected chi connectivity index (χ3v) is 7.40. The number of ether oxygens (including phenoxy) is 3. The summed E-state index contributed by atoms with van der Waals surface area (Å²) in [5.74, 6) is -2.15. The van der Waals surface area contributed by atoms with Crippen molar-refractivity contribution in [2.45, 2.75) is 54.3 Å². The quantitative estimate of drug-likeness (QED) is 0.0860. The Labute approximate surface area is 272 Å². The summed E-state index contributed by atoms with van der Waals surface area (Å²) in [6, 6.07) is 14.4. The van der Waals surface area contributed by atoms with Crippen molar-refractivity contribution in [1.29, 1.82) is 0 Å². The van der Waals surface area contributed by atoms with Gasteiger partial charge in [0, 0.05) is 25.7 Å². The van der Waals surface area contributed by atoms with Crippen LogP contribution in [0.3, 0.4) is 0 Å². The summed E-state index contributed by atoms with van der Waals surface area (Å²) in [5.41, 5.74) is 1.24. The molecule has 0 spiro atoms. The number of aryl methyl sites for hydroxylation is 2. The second-order valence-electron chi connectivity index (χ2n) is 12.4. The summed E-state index contributed by atoms with van der Waals surface area (Å²) in [7, 11) is 1.55. The van der Waals surface area contributed by atoms with Crippen LogP contribution in [0.15, 0.2) is 69.9 Å². The number of nitrogens with zero attached hydrogens (tertiary/aromatic N) is 1. The van der Waals surface area contributed by atoms with E-state index in [-0.39, 0.29) is 46.4 Å². The van der Waals surface area contributed by atoms with Gasteiger partial charge in [0.15, 0.2) is 0 Å². The lowest BCUT2D eigenvalue weighted by Gasteiger charge is -2.27. The van der Waals surface area contributed by atoms with Gasteiger partial charge in [-0.15, -0.1) is 0 Å². The molecule has 0 N–H and O–H groups in total. The number of rotatable bonds is 12. The molecule has 4 rings (SSSR count). The SMILES string of the molecule is COc1ccc(C=CC(=O)Oc2ccc3c(=O)c(Oc4ccc(C)c(C)c4)c(C(F)(F)F)oc3c2CN(CC(C)C)CC(C)C)cc1. The largest absolute Gasteiger partial charge is 0.497 e. The normalized spacial score (nSPS) is 12.1. The van der Waals surface area contributed by atoms with Crippen LogP contribution in [0.5, 0.6) is 23.0 Å². The first kappa shape index (κ1) is 35.3. The predicted molar refractivity (Wildman–Crippen MR) is 176 cm³/mol. The van der Waals surface area contributed by atoms with Crippen molar-refractivity contribution in [3.8, 4) is 23.0 Å². The van der Waals surface area contributed by atoms with Gasteiger partial charge in [0.25, 0.3) is 5.76 Å². The van der Waals surface area contributed by atoms with Gasteiger partial charge in [-0.05, 0) is 84.8 Å². The Kier molecular flexibility index (Phi) is 11.2. The van der Waals surface area contributed by atoms with Crippen LogP contribution in [0, 0.1) is 25.7 Å². The minimum atomic E-state index is -5.07. The fourth-order valence-corrected chi connectivity index (χ4v) is 5.18. The maximum Gasteiger partial charge on any atom is 0.453 e. The van der Waals surface area contributed by atoms with Crippen LogP contribution >= 0.6 is 0 Å². The first-order valence-corrected chi connectivity index (χ1v) is 15.4. The molecule has 0 saturated carbocycles. The molecule has 0 aliphatic heterocycles. The molecule has 1 aromatic heterocycles. The molecule has 1 heterocycles. The third-order valence-electron chi connectivity index (χ3n) is 7.40. The lowest BCUT2D eigenvalue weighted by Crippen LogP contribution is -2.31. The lowest BCUT2D eigenvalue weighted by atomic mass is 10.1. The van der Waals surface area contributed by atoms with Crippen LogP contribution in [-0.4, -0.2) is 31.1 Å². The van der Waals surface area contributed by atoms with Gasteiger partial charge in [0.1, 0.15) is 22.8 Å². The molecule has 0 unspecified atom stereocenters. The van der Waals surface area contributed by atoms with Gasteiger partial charge in [-0.1, -0.05) is 45.9 Å². The van der Waals surface area contributed by atoms with Crippen molar-refractivity contribution >= 4 is 23.0 Å². The highest BCUT2D eigenvalue weighted by atomic mass is 19.4. The number of fused-ring (bicyclic) bond motifs is 1. The van der Waals surface area contributed by atoms with Gasteiger partial charge >= 0.3 is 12.1 Å².